The summed E-state index contributed by atoms with van der Waals surface area (Å²) in [5, 5.41) is 0. The van der Waals surface area contributed by atoms with Gasteiger partial charge in [-0.2, -0.15) is 19.6 Å². The number of rotatable bonds is 0. The summed E-state index contributed by atoms with van der Waals surface area (Å²) in [4.78, 5) is 38.8. The minimum atomic E-state index is -0.857. The van der Waals surface area contributed by atoms with E-state index in [9.17, 15) is 4.79 Å². The molecule has 7 nitrogen and oxygen atoms in total. The summed E-state index contributed by atoms with van der Waals surface area (Å²) in [6.45, 7) is 2.97. The Morgan fingerprint density at radius 3 is 1.65 bits per heavy atom. The molecule has 0 N–H and O–H groups in total. The minimum absolute atomic E-state index is 0.138. The molecule has 1 aliphatic carbocycles. The zero-order valence-electron chi connectivity index (χ0n) is 13.6. The van der Waals surface area contributed by atoms with Gasteiger partial charge in [-0.25, -0.2) is 4.79 Å². The van der Waals surface area contributed by atoms with Gasteiger partial charge in [0.25, 0.3) is 0 Å². The molecule has 0 bridgehead atoms. The topological polar surface area (TPSA) is 60.5 Å². The van der Waals surface area contributed by atoms with Gasteiger partial charge in [0.05, 0.1) is 0 Å². The van der Waals surface area contributed by atoms with E-state index >= 15 is 0 Å². The second kappa shape index (κ2) is 6.20. The van der Waals surface area contributed by atoms with Crippen LogP contribution in [0.2, 0.25) is 0 Å². The van der Waals surface area contributed by atoms with Gasteiger partial charge in [0.15, 0.2) is 0 Å². The molecule has 0 unspecified atom stereocenters. The van der Waals surface area contributed by atoms with E-state index in [1.165, 1.54) is 6.42 Å². The van der Waals surface area contributed by atoms with Crippen molar-refractivity contribution in [2.75, 3.05) is 26.2 Å². The van der Waals surface area contributed by atoms with Gasteiger partial charge >= 0.3 is 6.03 Å². The van der Waals surface area contributed by atoms with Crippen molar-refractivity contribution in [3.8, 4) is 0 Å². The summed E-state index contributed by atoms with van der Waals surface area (Å²) in [7, 11) is 0. The number of hydrogen-bond donors (Lipinski definition) is 0. The number of piperidine rings is 1. The van der Waals surface area contributed by atoms with Crippen molar-refractivity contribution in [3.63, 3.8) is 0 Å². The van der Waals surface area contributed by atoms with Crippen molar-refractivity contribution in [2.45, 2.75) is 69.4 Å². The molecule has 2 spiro atoms. The summed E-state index contributed by atoms with van der Waals surface area (Å²) in [5.74, 6) is -1.57. The smallest absolute Gasteiger partial charge is 0.320 e. The normalized spacial score (nSPS) is 30.1. The highest BCUT2D eigenvalue weighted by Crippen LogP contribution is 2.42. The maximum Gasteiger partial charge on any atom is 0.320 e. The van der Waals surface area contributed by atoms with E-state index in [4.69, 9.17) is 19.6 Å². The molecule has 4 rings (SSSR count). The first-order chi connectivity index (χ1) is 11.2. The first-order valence-electron chi connectivity index (χ1n) is 8.98. The highest BCUT2D eigenvalue weighted by atomic mass is 17.4. The van der Waals surface area contributed by atoms with Crippen LogP contribution in [-0.4, -0.2) is 53.6 Å². The number of likely N-dealkylation sites (tertiary alicyclic amines) is 2. The molecular weight excluding hydrogens is 300 g/mol. The van der Waals surface area contributed by atoms with Crippen LogP contribution in [-0.2, 0) is 19.6 Å². The van der Waals surface area contributed by atoms with E-state index in [1.807, 2.05) is 9.80 Å². The fraction of sp³-hybridized carbons (Fsp3) is 0.938. The van der Waals surface area contributed by atoms with Crippen molar-refractivity contribution < 1.29 is 24.3 Å². The summed E-state index contributed by atoms with van der Waals surface area (Å²) >= 11 is 0. The van der Waals surface area contributed by atoms with Crippen LogP contribution in [0.5, 0.6) is 0 Å². The number of urea groups is 1. The highest BCUT2D eigenvalue weighted by Gasteiger charge is 2.51. The standard InChI is InChI=1S/C16H26N2O5/c19-14(17-10-4-5-11-17)18-12-8-16(9-13-18)22-20-15(21-23-16)6-2-1-3-7-15/h1-13H2. The van der Waals surface area contributed by atoms with Crippen LogP contribution < -0.4 is 0 Å². The maximum atomic E-state index is 12.4. The lowest BCUT2D eigenvalue weighted by Gasteiger charge is -2.47. The summed E-state index contributed by atoms with van der Waals surface area (Å²) in [5.41, 5.74) is 0. The zero-order valence-corrected chi connectivity index (χ0v) is 13.6. The summed E-state index contributed by atoms with van der Waals surface area (Å²) < 4.78 is 0. The van der Waals surface area contributed by atoms with Crippen LogP contribution in [0.25, 0.3) is 0 Å². The van der Waals surface area contributed by atoms with E-state index in [-0.39, 0.29) is 6.03 Å². The number of carbonyl (C=O) groups is 1. The van der Waals surface area contributed by atoms with E-state index in [0.29, 0.717) is 25.9 Å². The second-order valence-electron chi connectivity index (χ2n) is 7.18. The van der Waals surface area contributed by atoms with Gasteiger partial charge in [-0.3, -0.25) is 0 Å². The predicted octanol–water partition coefficient (Wildman–Crippen LogP) is 2.56. The Hall–Kier alpha value is -0.890. The Balaban J connectivity index is 1.30. The Labute approximate surface area is 136 Å². The molecule has 0 aromatic heterocycles. The first-order valence-corrected chi connectivity index (χ1v) is 8.98. The Bertz CT molecular complexity index is 426. The molecule has 23 heavy (non-hydrogen) atoms. The second-order valence-corrected chi connectivity index (χ2v) is 7.18. The van der Waals surface area contributed by atoms with Gasteiger partial charge < -0.3 is 9.80 Å². The molecule has 130 valence electrons. The number of carbonyl (C=O) groups excluding carboxylic acids is 1. The lowest BCUT2D eigenvalue weighted by atomic mass is 9.94. The summed E-state index contributed by atoms with van der Waals surface area (Å²) in [6.07, 6.45) is 8.32. The van der Waals surface area contributed by atoms with Crippen molar-refractivity contribution in [2.24, 2.45) is 0 Å². The van der Waals surface area contributed by atoms with Gasteiger partial charge in [-0.15, -0.1) is 0 Å². The lowest BCUT2D eigenvalue weighted by Crippen LogP contribution is -2.57. The molecule has 4 aliphatic rings. The predicted molar refractivity (Wildman–Crippen MR) is 79.9 cm³/mol. The highest BCUT2D eigenvalue weighted by molar-refractivity contribution is 5.74. The third-order valence-corrected chi connectivity index (χ3v) is 5.48. The lowest BCUT2D eigenvalue weighted by molar-refractivity contribution is -0.662. The van der Waals surface area contributed by atoms with Crippen LogP contribution in [0.4, 0.5) is 4.79 Å². The van der Waals surface area contributed by atoms with Crippen LogP contribution >= 0.6 is 0 Å². The van der Waals surface area contributed by atoms with E-state index in [0.717, 1.165) is 51.6 Å². The molecule has 2 amide bonds. The fourth-order valence-corrected chi connectivity index (χ4v) is 3.90. The molecule has 4 fully saturated rings. The van der Waals surface area contributed by atoms with Crippen LogP contribution in [0.3, 0.4) is 0 Å². The van der Waals surface area contributed by atoms with E-state index in [2.05, 4.69) is 0 Å². The van der Waals surface area contributed by atoms with Gasteiger partial charge in [0, 0.05) is 51.9 Å². The van der Waals surface area contributed by atoms with Crippen LogP contribution in [0.1, 0.15) is 57.8 Å². The number of hydrogen-bond acceptors (Lipinski definition) is 5. The van der Waals surface area contributed by atoms with Gasteiger partial charge in [-0.1, -0.05) is 6.42 Å². The molecule has 3 aliphatic heterocycles. The fourth-order valence-electron chi connectivity index (χ4n) is 3.90. The van der Waals surface area contributed by atoms with Crippen molar-refractivity contribution >= 4 is 6.03 Å². The Kier molecular flexibility index (Phi) is 4.21. The number of nitrogens with zero attached hydrogens (tertiary/aromatic N) is 2. The quantitative estimate of drug-likeness (QED) is 0.640. The molecule has 0 aromatic rings. The molecule has 0 atom stereocenters. The Morgan fingerprint density at radius 2 is 1.09 bits per heavy atom. The molecule has 7 heteroatoms. The Morgan fingerprint density at radius 1 is 0.609 bits per heavy atom. The molecule has 0 aromatic carbocycles. The van der Waals surface area contributed by atoms with Gasteiger partial charge in [0.1, 0.15) is 0 Å². The zero-order chi connectivity index (χ0) is 15.8. The molecular formula is C16H26N2O5. The average molecular weight is 326 g/mol. The maximum absolute atomic E-state index is 12.4. The van der Waals surface area contributed by atoms with Crippen LogP contribution in [0, 0.1) is 0 Å². The average Bonchev–Trinajstić information content (AvgIpc) is 3.14. The van der Waals surface area contributed by atoms with Crippen LogP contribution in [0.15, 0.2) is 0 Å². The largest absolute Gasteiger partial charge is 0.325 e. The van der Waals surface area contributed by atoms with E-state index < -0.39 is 11.6 Å². The summed E-state index contributed by atoms with van der Waals surface area (Å²) in [6, 6.07) is 0.138. The minimum Gasteiger partial charge on any atom is -0.325 e. The SMILES string of the molecule is O=C(N1CCCC1)N1CCC2(CC1)OOC1(CCCCC1)OO2. The third-order valence-electron chi connectivity index (χ3n) is 5.48. The van der Waals surface area contributed by atoms with Crippen molar-refractivity contribution in [1.82, 2.24) is 9.80 Å². The molecule has 0 radical (unpaired) electrons. The van der Waals surface area contributed by atoms with Gasteiger partial charge in [0.2, 0.25) is 11.6 Å². The first kappa shape index (κ1) is 15.6. The number of amides is 2. The van der Waals surface area contributed by atoms with Crippen molar-refractivity contribution in [3.05, 3.63) is 0 Å². The molecule has 3 heterocycles. The molecule has 3 saturated heterocycles. The molecule has 1 saturated carbocycles. The third kappa shape index (κ3) is 3.07. The van der Waals surface area contributed by atoms with Crippen molar-refractivity contribution in [1.29, 1.82) is 0 Å². The van der Waals surface area contributed by atoms with Gasteiger partial charge in [-0.05, 0) is 25.7 Å². The monoisotopic (exact) mass is 326 g/mol. The van der Waals surface area contributed by atoms with E-state index in [1.54, 1.807) is 0 Å².